The maximum Gasteiger partial charge on any atom is 0.345 e. The van der Waals surface area contributed by atoms with Crippen LogP contribution in [0, 0.1) is 23.3 Å². The van der Waals surface area contributed by atoms with Crippen molar-refractivity contribution in [3.05, 3.63) is 80.5 Å². The summed E-state index contributed by atoms with van der Waals surface area (Å²) >= 11 is 4.54. The Hall–Kier alpha value is -2.80. The Kier molecular flexibility index (Phi) is 6.62. The molecule has 2 aromatic carbocycles. The minimum absolute atomic E-state index is 0.150. The Morgan fingerprint density at radius 1 is 0.722 bits per heavy atom. The van der Waals surface area contributed by atoms with Crippen molar-refractivity contribution in [1.29, 1.82) is 0 Å². The molecule has 0 saturated carbocycles. The van der Waals surface area contributed by atoms with Gasteiger partial charge in [0.05, 0.1) is 14.7 Å². The van der Waals surface area contributed by atoms with Crippen molar-refractivity contribution in [3.8, 4) is 20.9 Å². The number of thioether (sulfide) groups is 2. The highest BCUT2D eigenvalue weighted by atomic mass is 32.2. The van der Waals surface area contributed by atoms with Crippen LogP contribution in [0.15, 0.2) is 46.2 Å². The van der Waals surface area contributed by atoms with Crippen molar-refractivity contribution in [3.63, 3.8) is 0 Å². The zero-order valence-corrected chi connectivity index (χ0v) is 21.1. The summed E-state index contributed by atoms with van der Waals surface area (Å²) in [6.07, 6.45) is 0. The number of carbonyl (C=O) groups excluding carboxylic acids is 1. The number of rotatable bonds is 2. The van der Waals surface area contributed by atoms with Gasteiger partial charge in [-0.05, 0) is 47.5 Å². The summed E-state index contributed by atoms with van der Waals surface area (Å²) in [6.45, 7) is 0. The average Bonchev–Trinajstić information content (AvgIpc) is 3.48. The second-order valence-electron chi connectivity index (χ2n) is 7.64. The van der Waals surface area contributed by atoms with E-state index < -0.39 is 35.1 Å². The molecule has 0 saturated heterocycles. The van der Waals surface area contributed by atoms with Gasteiger partial charge < -0.3 is 10.8 Å². The third-order valence-corrected chi connectivity index (χ3v) is 10.1. The number of hydrogen-bond acceptors (Lipinski definition) is 6. The fourth-order valence-electron chi connectivity index (χ4n) is 3.79. The Balaban J connectivity index is 0.000000148. The molecule has 1 amide bonds. The van der Waals surface area contributed by atoms with Crippen LogP contribution in [-0.2, 0) is 11.5 Å². The smallest absolute Gasteiger partial charge is 0.345 e. The molecule has 0 radical (unpaired) electrons. The minimum Gasteiger partial charge on any atom is -0.477 e. The zero-order chi connectivity index (χ0) is 25.7. The third-order valence-electron chi connectivity index (χ3n) is 5.39. The lowest BCUT2D eigenvalue weighted by Crippen LogP contribution is -2.08. The van der Waals surface area contributed by atoms with E-state index >= 15 is 0 Å². The average molecular weight is 568 g/mol. The fourth-order valence-corrected chi connectivity index (χ4v) is 8.42. The van der Waals surface area contributed by atoms with E-state index in [1.807, 2.05) is 0 Å². The van der Waals surface area contributed by atoms with Crippen LogP contribution in [0.2, 0.25) is 0 Å². The molecule has 12 heteroatoms. The predicted molar refractivity (Wildman–Crippen MR) is 134 cm³/mol. The highest BCUT2D eigenvalue weighted by molar-refractivity contribution is 7.99. The lowest BCUT2D eigenvalue weighted by atomic mass is 10.1. The molecular weight excluding hydrogens is 555 g/mol. The number of hydrogen-bond donors (Lipinski definition) is 2. The fraction of sp³-hybridized carbons (Fsp3) is 0.0833. The van der Waals surface area contributed by atoms with Crippen molar-refractivity contribution in [1.82, 2.24) is 0 Å². The number of thiophene rings is 2. The van der Waals surface area contributed by atoms with Crippen LogP contribution in [0.3, 0.4) is 0 Å². The first-order valence-corrected chi connectivity index (χ1v) is 13.8. The topological polar surface area (TPSA) is 80.4 Å². The van der Waals surface area contributed by atoms with Gasteiger partial charge in [-0.1, -0.05) is 0 Å². The standard InChI is InChI=1S/C12H7F2NOS2.C12H6F2O2S2/c2*13-6-1-2-7(14)11-9(6)10-5(4-17-11)3-8(18-10)12(15)16/h1-3H,4H2,(H2,15,16);1-3H,4H2,(H,15,16). The van der Waals surface area contributed by atoms with Crippen LogP contribution in [-0.4, -0.2) is 17.0 Å². The van der Waals surface area contributed by atoms with Crippen molar-refractivity contribution in [2.75, 3.05) is 0 Å². The summed E-state index contributed by atoms with van der Waals surface area (Å²) in [6, 6.07) is 7.58. The van der Waals surface area contributed by atoms with Gasteiger partial charge in [0.1, 0.15) is 28.1 Å². The highest BCUT2D eigenvalue weighted by Gasteiger charge is 2.28. The Morgan fingerprint density at radius 2 is 1.14 bits per heavy atom. The maximum atomic E-state index is 13.9. The van der Waals surface area contributed by atoms with Crippen LogP contribution in [0.25, 0.3) is 20.9 Å². The van der Waals surface area contributed by atoms with E-state index in [4.69, 9.17) is 10.8 Å². The Bertz CT molecular complexity index is 1450. The molecule has 2 aliphatic heterocycles. The van der Waals surface area contributed by atoms with E-state index in [1.54, 1.807) is 6.07 Å². The number of nitrogens with two attached hydrogens (primary N) is 1. The number of amides is 1. The molecule has 0 fully saturated rings. The molecular formula is C24H13F4NO3S4. The van der Waals surface area contributed by atoms with Gasteiger partial charge >= 0.3 is 5.97 Å². The molecule has 184 valence electrons. The Morgan fingerprint density at radius 3 is 1.58 bits per heavy atom. The van der Waals surface area contributed by atoms with Crippen molar-refractivity contribution in [2.24, 2.45) is 5.73 Å². The molecule has 4 nitrogen and oxygen atoms in total. The monoisotopic (exact) mass is 567 g/mol. The molecule has 36 heavy (non-hydrogen) atoms. The van der Waals surface area contributed by atoms with E-state index in [2.05, 4.69) is 0 Å². The lowest BCUT2D eigenvalue weighted by Gasteiger charge is -2.16. The van der Waals surface area contributed by atoms with Gasteiger partial charge in [0.15, 0.2) is 0 Å². The molecule has 4 heterocycles. The molecule has 0 atom stereocenters. The van der Waals surface area contributed by atoms with Crippen LogP contribution in [0.4, 0.5) is 17.6 Å². The number of aromatic carboxylic acids is 1. The van der Waals surface area contributed by atoms with E-state index in [-0.39, 0.29) is 20.9 Å². The van der Waals surface area contributed by atoms with E-state index in [0.717, 1.165) is 58.1 Å². The number of carboxylic acid groups (broad SMARTS) is 1. The van der Waals surface area contributed by atoms with Crippen molar-refractivity contribution < 1.29 is 32.3 Å². The molecule has 2 aliphatic rings. The summed E-state index contributed by atoms with van der Waals surface area (Å²) in [5.74, 6) is -2.49. The number of carbonyl (C=O) groups is 2. The summed E-state index contributed by atoms with van der Waals surface area (Å²) in [7, 11) is 0. The molecule has 0 unspecified atom stereocenters. The van der Waals surface area contributed by atoms with Crippen LogP contribution in [0.5, 0.6) is 0 Å². The quantitative estimate of drug-likeness (QED) is 0.247. The number of benzene rings is 2. The number of carboxylic acids is 1. The summed E-state index contributed by atoms with van der Waals surface area (Å²) in [5, 5.41) is 8.94. The molecule has 0 aliphatic carbocycles. The summed E-state index contributed by atoms with van der Waals surface area (Å²) in [4.78, 5) is 24.3. The van der Waals surface area contributed by atoms with Gasteiger partial charge in [-0.25, -0.2) is 22.4 Å². The van der Waals surface area contributed by atoms with Crippen LogP contribution in [0.1, 0.15) is 30.5 Å². The normalized spacial score (nSPS) is 13.0. The van der Waals surface area contributed by atoms with Gasteiger partial charge in [-0.15, -0.1) is 46.2 Å². The van der Waals surface area contributed by atoms with E-state index in [0.29, 0.717) is 31.0 Å². The van der Waals surface area contributed by atoms with Crippen LogP contribution >= 0.6 is 46.2 Å². The molecule has 0 spiro atoms. The van der Waals surface area contributed by atoms with Crippen LogP contribution < -0.4 is 5.73 Å². The number of halogens is 4. The SMILES string of the molecule is NC(=O)c1cc2c(s1)-c1c(F)ccc(F)c1SC2.O=C(O)c1cc2c(s1)-c1c(F)ccc(F)c1SC2. The first kappa shape index (κ1) is 24.9. The molecule has 2 aromatic heterocycles. The van der Waals surface area contributed by atoms with Gasteiger partial charge in [0, 0.05) is 32.4 Å². The minimum atomic E-state index is -1.04. The van der Waals surface area contributed by atoms with Crippen molar-refractivity contribution >= 4 is 58.1 Å². The van der Waals surface area contributed by atoms with Crippen molar-refractivity contribution in [2.45, 2.75) is 21.3 Å². The summed E-state index contributed by atoms with van der Waals surface area (Å²) in [5.41, 5.74) is 7.23. The summed E-state index contributed by atoms with van der Waals surface area (Å²) < 4.78 is 54.9. The third kappa shape index (κ3) is 4.32. The molecule has 3 N–H and O–H groups in total. The first-order chi connectivity index (χ1) is 17.2. The molecule has 0 bridgehead atoms. The van der Waals surface area contributed by atoms with Gasteiger partial charge in [-0.2, -0.15) is 0 Å². The number of primary amides is 1. The largest absolute Gasteiger partial charge is 0.477 e. The highest BCUT2D eigenvalue weighted by Crippen LogP contribution is 2.49. The maximum absolute atomic E-state index is 13.9. The lowest BCUT2D eigenvalue weighted by molar-refractivity contribution is 0.0701. The number of fused-ring (bicyclic) bond motifs is 6. The zero-order valence-electron chi connectivity index (χ0n) is 17.9. The van der Waals surface area contributed by atoms with Gasteiger partial charge in [0.25, 0.3) is 5.91 Å². The van der Waals surface area contributed by atoms with Gasteiger partial charge in [-0.3, -0.25) is 4.79 Å². The first-order valence-electron chi connectivity index (χ1n) is 10.2. The van der Waals surface area contributed by atoms with E-state index in [9.17, 15) is 27.2 Å². The predicted octanol–water partition coefficient (Wildman–Crippen LogP) is 7.40. The molecule has 6 rings (SSSR count). The molecule has 4 aromatic rings. The Labute approximate surface area is 218 Å². The van der Waals surface area contributed by atoms with Gasteiger partial charge in [0.2, 0.25) is 0 Å². The second-order valence-corrected chi connectivity index (χ2v) is 11.7. The van der Waals surface area contributed by atoms with E-state index in [1.165, 1.54) is 29.6 Å². The second kappa shape index (κ2) is 9.58.